The van der Waals surface area contributed by atoms with Gasteiger partial charge in [-0.15, -0.1) is 11.3 Å². The van der Waals surface area contributed by atoms with E-state index < -0.39 is 16.1 Å². The van der Waals surface area contributed by atoms with Gasteiger partial charge >= 0.3 is 5.97 Å². The zero-order valence-electron chi connectivity index (χ0n) is 21.9. The number of carbonyl (C=O) groups is 1. The van der Waals surface area contributed by atoms with E-state index in [9.17, 15) is 13.2 Å². The van der Waals surface area contributed by atoms with E-state index in [2.05, 4.69) is 17.0 Å². The molecule has 2 aliphatic heterocycles. The third-order valence-electron chi connectivity index (χ3n) is 8.22. The molecule has 0 amide bonds. The van der Waals surface area contributed by atoms with Crippen LogP contribution in [0.3, 0.4) is 0 Å². The molecule has 6 rings (SSSR count). The number of anilines is 1. The molecule has 0 bridgehead atoms. The highest BCUT2D eigenvalue weighted by Crippen LogP contribution is 2.56. The van der Waals surface area contributed by atoms with Gasteiger partial charge in [-0.05, 0) is 75.1 Å². The van der Waals surface area contributed by atoms with Crippen LogP contribution in [0, 0.1) is 12.8 Å². The van der Waals surface area contributed by atoms with Crippen molar-refractivity contribution in [2.24, 2.45) is 5.92 Å². The number of thiophene rings is 1. The SMILES string of the molecule is CCOC(=O)[C@H]1C[C@@H]2CN(S(=O)(=O)c3ccc(C)cc3)c3sc4c(c3[C@@H]2N1Cc1ccccc1)CCCC4. The van der Waals surface area contributed by atoms with Gasteiger partial charge in [-0.2, -0.15) is 0 Å². The third kappa shape index (κ3) is 4.36. The molecule has 0 spiro atoms. The molecule has 1 saturated heterocycles. The van der Waals surface area contributed by atoms with Crippen molar-refractivity contribution in [3.63, 3.8) is 0 Å². The number of carbonyl (C=O) groups excluding carboxylic acids is 1. The Kier molecular flexibility index (Phi) is 6.82. The summed E-state index contributed by atoms with van der Waals surface area (Å²) in [5, 5.41) is 0.848. The van der Waals surface area contributed by atoms with E-state index in [1.807, 2.05) is 44.2 Å². The molecule has 3 aliphatic rings. The largest absolute Gasteiger partial charge is 0.465 e. The van der Waals surface area contributed by atoms with Crippen LogP contribution in [0.1, 0.15) is 59.4 Å². The molecule has 2 aromatic carbocycles. The fourth-order valence-corrected chi connectivity index (χ4v) is 9.66. The maximum atomic E-state index is 14.1. The molecule has 8 heteroatoms. The van der Waals surface area contributed by atoms with Crippen molar-refractivity contribution in [2.45, 2.75) is 69.5 Å². The van der Waals surface area contributed by atoms with Crippen LogP contribution < -0.4 is 4.31 Å². The van der Waals surface area contributed by atoms with E-state index in [1.54, 1.807) is 27.8 Å². The predicted molar refractivity (Wildman–Crippen MR) is 150 cm³/mol. The topological polar surface area (TPSA) is 66.9 Å². The number of rotatable bonds is 6. The minimum Gasteiger partial charge on any atom is -0.465 e. The normalized spacial score (nSPS) is 23.0. The molecule has 3 aromatic rings. The Balaban J connectivity index is 1.48. The van der Waals surface area contributed by atoms with Crippen LogP contribution in [0.2, 0.25) is 0 Å². The summed E-state index contributed by atoms with van der Waals surface area (Å²) < 4.78 is 35.4. The first-order valence-corrected chi connectivity index (χ1v) is 15.8. The molecule has 0 N–H and O–H groups in total. The van der Waals surface area contributed by atoms with E-state index in [0.29, 0.717) is 31.0 Å². The maximum absolute atomic E-state index is 14.1. The average molecular weight is 551 g/mol. The minimum atomic E-state index is -3.75. The Hall–Kier alpha value is -2.68. The summed E-state index contributed by atoms with van der Waals surface area (Å²) >= 11 is 1.65. The summed E-state index contributed by atoms with van der Waals surface area (Å²) in [6.07, 6.45) is 4.78. The van der Waals surface area contributed by atoms with E-state index >= 15 is 0 Å². The van der Waals surface area contributed by atoms with E-state index in [-0.39, 0.29) is 17.9 Å². The first kappa shape index (κ1) is 25.6. The number of sulfonamides is 1. The summed E-state index contributed by atoms with van der Waals surface area (Å²) in [7, 11) is -3.75. The number of ether oxygens (including phenoxy) is 1. The fourth-order valence-electron chi connectivity index (χ4n) is 6.47. The molecule has 1 aromatic heterocycles. The van der Waals surface area contributed by atoms with Crippen LogP contribution in [0.15, 0.2) is 59.5 Å². The van der Waals surface area contributed by atoms with Gasteiger partial charge in [-0.1, -0.05) is 48.0 Å². The fraction of sp³-hybridized carbons (Fsp3) is 0.433. The minimum absolute atomic E-state index is 0.00136. The molecular weight excluding hydrogens is 516 g/mol. The quantitative estimate of drug-likeness (QED) is 0.372. The highest BCUT2D eigenvalue weighted by Gasteiger charge is 2.53. The van der Waals surface area contributed by atoms with Gasteiger partial charge < -0.3 is 4.74 Å². The number of hydrogen-bond acceptors (Lipinski definition) is 6. The van der Waals surface area contributed by atoms with Crippen LogP contribution in [-0.4, -0.2) is 38.5 Å². The lowest BCUT2D eigenvalue weighted by atomic mass is 9.85. The van der Waals surface area contributed by atoms with Crippen LogP contribution in [-0.2, 0) is 38.9 Å². The third-order valence-corrected chi connectivity index (χ3v) is 11.4. The van der Waals surface area contributed by atoms with Crippen LogP contribution in [0.5, 0.6) is 0 Å². The lowest BCUT2D eigenvalue weighted by Gasteiger charge is -2.39. The van der Waals surface area contributed by atoms with Crippen molar-refractivity contribution in [3.05, 3.63) is 81.7 Å². The molecule has 3 atom stereocenters. The molecule has 0 unspecified atom stereocenters. The van der Waals surface area contributed by atoms with Crippen molar-refractivity contribution in [3.8, 4) is 0 Å². The molecule has 1 aliphatic carbocycles. The zero-order chi connectivity index (χ0) is 26.4. The van der Waals surface area contributed by atoms with Crippen molar-refractivity contribution in [1.29, 1.82) is 0 Å². The number of benzene rings is 2. The second-order valence-electron chi connectivity index (χ2n) is 10.6. The van der Waals surface area contributed by atoms with E-state index in [4.69, 9.17) is 4.74 Å². The molecular formula is C30H34N2O4S2. The van der Waals surface area contributed by atoms with Gasteiger partial charge in [0.15, 0.2) is 0 Å². The van der Waals surface area contributed by atoms with Crippen LogP contribution >= 0.6 is 11.3 Å². The molecule has 0 radical (unpaired) electrons. The number of hydrogen-bond donors (Lipinski definition) is 0. The van der Waals surface area contributed by atoms with Gasteiger partial charge in [0.2, 0.25) is 0 Å². The lowest BCUT2D eigenvalue weighted by molar-refractivity contribution is -0.149. The Bertz CT molecular complexity index is 1430. The van der Waals surface area contributed by atoms with Gasteiger partial charge in [-0.3, -0.25) is 14.0 Å². The maximum Gasteiger partial charge on any atom is 0.323 e. The van der Waals surface area contributed by atoms with Crippen LogP contribution in [0.4, 0.5) is 5.00 Å². The van der Waals surface area contributed by atoms with E-state index in [1.165, 1.54) is 10.4 Å². The Morgan fingerprint density at radius 2 is 1.79 bits per heavy atom. The van der Waals surface area contributed by atoms with Gasteiger partial charge in [-0.25, -0.2) is 8.42 Å². The molecule has 3 heterocycles. The Morgan fingerprint density at radius 1 is 1.05 bits per heavy atom. The highest BCUT2D eigenvalue weighted by molar-refractivity contribution is 7.93. The zero-order valence-corrected chi connectivity index (χ0v) is 23.6. The summed E-state index contributed by atoms with van der Waals surface area (Å²) in [6.45, 7) is 5.12. The number of aryl methyl sites for hydroxylation is 2. The average Bonchev–Trinajstić information content (AvgIpc) is 3.47. The smallest absolute Gasteiger partial charge is 0.323 e. The molecule has 1 fully saturated rings. The lowest BCUT2D eigenvalue weighted by Crippen LogP contribution is -2.43. The highest BCUT2D eigenvalue weighted by atomic mass is 32.2. The van der Waals surface area contributed by atoms with Crippen molar-refractivity contribution in [2.75, 3.05) is 17.5 Å². The summed E-state index contributed by atoms with van der Waals surface area (Å²) in [5.41, 5.74) is 4.62. The van der Waals surface area contributed by atoms with E-state index in [0.717, 1.165) is 47.4 Å². The van der Waals surface area contributed by atoms with Gasteiger partial charge in [0.05, 0.1) is 11.5 Å². The van der Waals surface area contributed by atoms with Crippen molar-refractivity contribution < 1.29 is 17.9 Å². The first-order valence-electron chi connectivity index (χ1n) is 13.6. The monoisotopic (exact) mass is 550 g/mol. The van der Waals surface area contributed by atoms with Gasteiger partial charge in [0.25, 0.3) is 10.0 Å². The molecule has 6 nitrogen and oxygen atoms in total. The molecule has 0 saturated carbocycles. The number of esters is 1. The molecule has 200 valence electrons. The van der Waals surface area contributed by atoms with Gasteiger partial charge in [0, 0.05) is 29.6 Å². The van der Waals surface area contributed by atoms with Crippen LogP contribution in [0.25, 0.3) is 0 Å². The second kappa shape index (κ2) is 10.1. The summed E-state index contributed by atoms with van der Waals surface area (Å²) in [5.74, 6) is -0.210. The Morgan fingerprint density at radius 3 is 2.53 bits per heavy atom. The second-order valence-corrected chi connectivity index (χ2v) is 13.6. The summed E-state index contributed by atoms with van der Waals surface area (Å²) in [6, 6.07) is 17.0. The predicted octanol–water partition coefficient (Wildman–Crippen LogP) is 5.64. The Labute approximate surface area is 229 Å². The van der Waals surface area contributed by atoms with Gasteiger partial charge in [0.1, 0.15) is 11.0 Å². The summed E-state index contributed by atoms with van der Waals surface area (Å²) in [4.78, 5) is 17.2. The van der Waals surface area contributed by atoms with Crippen molar-refractivity contribution in [1.82, 2.24) is 4.90 Å². The number of fused-ring (bicyclic) bond motifs is 5. The first-order chi connectivity index (χ1) is 18.4. The number of likely N-dealkylation sites (tertiary alicyclic amines) is 1. The molecule has 38 heavy (non-hydrogen) atoms. The standard InChI is InChI=1S/C30H34N2O4S2/c1-3-36-30(33)25-17-22-19-32(38(34,35)23-15-13-20(2)14-16-23)29-27(24-11-7-8-12-26(24)37-29)28(22)31(25)18-21-9-5-4-6-10-21/h4-6,9-10,13-16,22,25,28H,3,7-8,11-12,17-19H2,1-2H3/t22-,25-,28-/m1/s1. The van der Waals surface area contributed by atoms with Crippen molar-refractivity contribution >= 4 is 32.3 Å². The number of nitrogens with zero attached hydrogens (tertiary/aromatic N) is 2.